The zero-order valence-electron chi connectivity index (χ0n) is 13.2. The van der Waals surface area contributed by atoms with Crippen molar-refractivity contribution < 1.29 is 13.2 Å². The van der Waals surface area contributed by atoms with Crippen LogP contribution in [0.4, 0.5) is 0 Å². The average molecular weight is 402 g/mol. The summed E-state index contributed by atoms with van der Waals surface area (Å²) in [5.74, 6) is 0.130. The molecular weight excluding hydrogens is 386 g/mol. The van der Waals surface area contributed by atoms with Crippen LogP contribution in [0.15, 0.2) is 23.1 Å². The van der Waals surface area contributed by atoms with Gasteiger partial charge >= 0.3 is 0 Å². The molecule has 1 fully saturated rings. The third kappa shape index (κ3) is 3.76. The number of carbonyl (C=O) groups excluding carboxylic acids is 1. The highest BCUT2D eigenvalue weighted by Crippen LogP contribution is 2.35. The minimum absolute atomic E-state index is 0.0368. The Morgan fingerprint density at radius 3 is 2.84 bits per heavy atom. The zero-order chi connectivity index (χ0) is 18.2. The van der Waals surface area contributed by atoms with Gasteiger partial charge in [-0.3, -0.25) is 14.5 Å². The lowest BCUT2D eigenvalue weighted by atomic mass is 10.2. The van der Waals surface area contributed by atoms with Crippen LogP contribution in [-0.2, 0) is 16.6 Å². The molecule has 3 N–H and O–H groups in total. The quantitative estimate of drug-likeness (QED) is 0.639. The molecule has 1 aromatic carbocycles. The zero-order valence-corrected chi connectivity index (χ0v) is 15.6. The predicted molar refractivity (Wildman–Crippen MR) is 94.6 cm³/mol. The summed E-state index contributed by atoms with van der Waals surface area (Å²) in [5, 5.41) is 9.71. The first kappa shape index (κ1) is 18.1. The number of hydrogen-bond donors (Lipinski definition) is 3. The second-order valence-electron chi connectivity index (χ2n) is 5.58. The maximum atomic E-state index is 12.4. The molecule has 0 radical (unpaired) electrons. The number of aromatic amines is 1. The van der Waals surface area contributed by atoms with Crippen LogP contribution in [0.2, 0.25) is 5.02 Å². The Hall–Kier alpha value is -1.75. The van der Waals surface area contributed by atoms with E-state index in [1.807, 2.05) is 4.57 Å². The van der Waals surface area contributed by atoms with E-state index in [0.717, 1.165) is 12.8 Å². The molecule has 134 valence electrons. The molecule has 0 aliphatic heterocycles. The molecule has 0 saturated heterocycles. The second-order valence-corrected chi connectivity index (χ2v) is 8.26. The average Bonchev–Trinajstić information content (AvgIpc) is 3.35. The molecule has 0 unspecified atom stereocenters. The third-order valence-corrected chi connectivity index (χ3v) is 5.89. The van der Waals surface area contributed by atoms with E-state index in [-0.39, 0.29) is 22.0 Å². The maximum absolute atomic E-state index is 12.4. The predicted octanol–water partition coefficient (Wildman–Crippen LogP) is 1.77. The first-order valence-electron chi connectivity index (χ1n) is 7.50. The van der Waals surface area contributed by atoms with E-state index < -0.39 is 15.9 Å². The van der Waals surface area contributed by atoms with Crippen molar-refractivity contribution in [2.24, 2.45) is 0 Å². The van der Waals surface area contributed by atoms with Crippen LogP contribution in [0.3, 0.4) is 0 Å². The van der Waals surface area contributed by atoms with Gasteiger partial charge in [0, 0.05) is 6.04 Å². The Morgan fingerprint density at radius 2 is 2.20 bits per heavy atom. The minimum Gasteiger partial charge on any atom is -0.345 e. The molecule has 1 aliphatic carbocycles. The summed E-state index contributed by atoms with van der Waals surface area (Å²) >= 11 is 11.2. The maximum Gasteiger partial charge on any atom is 0.253 e. The van der Waals surface area contributed by atoms with Gasteiger partial charge in [0.25, 0.3) is 5.91 Å². The summed E-state index contributed by atoms with van der Waals surface area (Å²) in [7, 11) is -2.37. The number of rotatable bonds is 6. The molecule has 0 bridgehead atoms. The van der Waals surface area contributed by atoms with Gasteiger partial charge in [0.05, 0.1) is 22.0 Å². The van der Waals surface area contributed by atoms with Gasteiger partial charge in [0.1, 0.15) is 0 Å². The number of hydrogen-bond acceptors (Lipinski definition) is 5. The van der Waals surface area contributed by atoms with Crippen LogP contribution in [0, 0.1) is 4.77 Å². The lowest BCUT2D eigenvalue weighted by molar-refractivity contribution is 0.0949. The summed E-state index contributed by atoms with van der Waals surface area (Å²) < 4.78 is 28.4. The third-order valence-electron chi connectivity index (χ3n) is 3.86. The lowest BCUT2D eigenvalue weighted by Crippen LogP contribution is -2.26. The molecule has 1 aromatic heterocycles. The number of carbonyl (C=O) groups is 1. The van der Waals surface area contributed by atoms with Crippen molar-refractivity contribution in [3.8, 4) is 0 Å². The number of nitrogens with zero attached hydrogens (tertiary/aromatic N) is 2. The highest BCUT2D eigenvalue weighted by molar-refractivity contribution is 7.89. The molecule has 1 heterocycles. The van der Waals surface area contributed by atoms with Crippen molar-refractivity contribution in [1.82, 2.24) is 24.8 Å². The van der Waals surface area contributed by atoms with Gasteiger partial charge in [-0.15, -0.1) is 0 Å². The van der Waals surface area contributed by atoms with Gasteiger partial charge in [0.2, 0.25) is 10.0 Å². The normalized spacial score (nSPS) is 14.5. The monoisotopic (exact) mass is 401 g/mol. The van der Waals surface area contributed by atoms with Gasteiger partial charge in [-0.1, -0.05) is 11.6 Å². The topological polar surface area (TPSA) is 109 Å². The van der Waals surface area contributed by atoms with Crippen molar-refractivity contribution in [3.05, 3.63) is 39.4 Å². The van der Waals surface area contributed by atoms with Crippen LogP contribution in [0.5, 0.6) is 0 Å². The number of aromatic nitrogens is 3. The largest absolute Gasteiger partial charge is 0.345 e. The number of nitrogens with one attached hydrogen (secondary N) is 3. The Labute approximate surface area is 154 Å². The van der Waals surface area contributed by atoms with E-state index in [4.69, 9.17) is 23.8 Å². The van der Waals surface area contributed by atoms with Crippen molar-refractivity contribution in [1.29, 1.82) is 0 Å². The summed E-state index contributed by atoms with van der Waals surface area (Å²) in [5.41, 5.74) is 0.0742. The molecule has 2 aromatic rings. The van der Waals surface area contributed by atoms with Crippen LogP contribution in [0.1, 0.15) is 35.1 Å². The molecule has 1 saturated carbocycles. The van der Waals surface area contributed by atoms with Gasteiger partial charge in [-0.25, -0.2) is 13.1 Å². The molecule has 1 amide bonds. The van der Waals surface area contributed by atoms with Crippen LogP contribution in [-0.4, -0.2) is 36.1 Å². The van der Waals surface area contributed by atoms with Crippen molar-refractivity contribution in [3.63, 3.8) is 0 Å². The van der Waals surface area contributed by atoms with Gasteiger partial charge < -0.3 is 5.32 Å². The first-order valence-corrected chi connectivity index (χ1v) is 9.77. The van der Waals surface area contributed by atoms with E-state index in [0.29, 0.717) is 16.6 Å². The van der Waals surface area contributed by atoms with Crippen molar-refractivity contribution in [2.75, 3.05) is 7.05 Å². The van der Waals surface area contributed by atoms with Crippen LogP contribution in [0.25, 0.3) is 0 Å². The molecule has 8 nitrogen and oxygen atoms in total. The number of H-pyrrole nitrogens is 1. The molecule has 25 heavy (non-hydrogen) atoms. The molecule has 11 heteroatoms. The minimum atomic E-state index is -3.67. The first-order chi connectivity index (χ1) is 11.8. The fourth-order valence-corrected chi connectivity index (χ4v) is 3.65. The Balaban J connectivity index is 1.80. The van der Waals surface area contributed by atoms with Crippen molar-refractivity contribution >= 4 is 39.7 Å². The summed E-state index contributed by atoms with van der Waals surface area (Å²) in [6, 6.07) is 4.27. The lowest BCUT2D eigenvalue weighted by Gasteiger charge is -2.10. The van der Waals surface area contributed by atoms with E-state index in [9.17, 15) is 13.2 Å². The van der Waals surface area contributed by atoms with Gasteiger partial charge in [-0.2, -0.15) is 5.10 Å². The second kappa shape index (κ2) is 6.87. The smallest absolute Gasteiger partial charge is 0.253 e. The van der Waals surface area contributed by atoms with E-state index in [1.54, 1.807) is 0 Å². The molecule has 1 aliphatic rings. The highest BCUT2D eigenvalue weighted by Gasteiger charge is 2.27. The van der Waals surface area contributed by atoms with Crippen LogP contribution >= 0.6 is 23.8 Å². The van der Waals surface area contributed by atoms with Crippen LogP contribution < -0.4 is 10.0 Å². The SMILES string of the molecule is CNS(=O)(=O)c1ccc(Cl)c(C(=O)NCc2n[nH]c(=S)n2C2CC2)c1. The number of halogens is 1. The molecule has 0 spiro atoms. The summed E-state index contributed by atoms with van der Waals surface area (Å²) in [6.07, 6.45) is 2.06. The molecule has 0 atom stereocenters. The number of benzene rings is 1. The van der Waals surface area contributed by atoms with Gasteiger partial charge in [-0.05, 0) is 50.3 Å². The van der Waals surface area contributed by atoms with Gasteiger partial charge in [0.15, 0.2) is 10.6 Å². The number of amides is 1. The van der Waals surface area contributed by atoms with E-state index >= 15 is 0 Å². The summed E-state index contributed by atoms with van der Waals surface area (Å²) in [4.78, 5) is 12.4. The standard InChI is InChI=1S/C14H16ClN5O3S2/c1-16-25(22,23)9-4-5-11(15)10(6-9)13(21)17-7-12-18-19-14(24)20(12)8-2-3-8/h4-6,8,16H,2-3,7H2,1H3,(H,17,21)(H,19,24). The Bertz CT molecular complexity index is 979. The van der Waals surface area contributed by atoms with Crippen molar-refractivity contribution in [2.45, 2.75) is 30.3 Å². The molecule has 3 rings (SSSR count). The highest BCUT2D eigenvalue weighted by atomic mass is 35.5. The Kier molecular flexibility index (Phi) is 4.96. The Morgan fingerprint density at radius 1 is 1.48 bits per heavy atom. The molecular formula is C14H16ClN5O3S2. The fraction of sp³-hybridized carbons (Fsp3) is 0.357. The van der Waals surface area contributed by atoms with E-state index in [1.165, 1.54) is 25.2 Å². The van der Waals surface area contributed by atoms with E-state index in [2.05, 4.69) is 20.2 Å². The summed E-state index contributed by atoms with van der Waals surface area (Å²) in [6.45, 7) is 0.155. The fourth-order valence-electron chi connectivity index (χ4n) is 2.39. The number of sulfonamides is 1.